The molecule has 0 amide bonds. The Morgan fingerprint density at radius 2 is 1.56 bits per heavy atom. The van der Waals surface area contributed by atoms with Crippen LogP contribution in [0.3, 0.4) is 0 Å². The summed E-state index contributed by atoms with van der Waals surface area (Å²) in [6.07, 6.45) is 2.38. The summed E-state index contributed by atoms with van der Waals surface area (Å²) in [7, 11) is 0. The van der Waals surface area contributed by atoms with Gasteiger partial charge in [-0.15, -0.1) is 0 Å². The molecule has 88 valence electrons. The molecule has 0 rings (SSSR count). The molecule has 5 heteroatoms. The molecule has 0 spiro atoms. The number of unbranched alkanes of at least 4 members (excludes halogenated alkanes) is 2. The first-order chi connectivity index (χ1) is 6.89. The summed E-state index contributed by atoms with van der Waals surface area (Å²) in [5.74, 6) is -3.59. The van der Waals surface area contributed by atoms with E-state index in [1.54, 1.807) is 13.8 Å². The Bertz CT molecular complexity index is 224. The molecule has 0 aliphatic rings. The van der Waals surface area contributed by atoms with Crippen molar-refractivity contribution in [2.24, 2.45) is 11.3 Å². The third-order valence-corrected chi connectivity index (χ3v) is 2.89. The molecule has 0 unspecified atom stereocenters. The van der Waals surface area contributed by atoms with Crippen LogP contribution in [0.4, 0.5) is 0 Å². The van der Waals surface area contributed by atoms with E-state index in [0.29, 0.717) is 6.42 Å². The van der Waals surface area contributed by atoms with Gasteiger partial charge in [0.1, 0.15) is 0 Å². The van der Waals surface area contributed by atoms with Crippen LogP contribution < -0.4 is 10.2 Å². The molecule has 0 aromatic heterocycles. The van der Waals surface area contributed by atoms with E-state index in [1.807, 2.05) is 6.92 Å². The van der Waals surface area contributed by atoms with Gasteiger partial charge in [0, 0.05) is 0 Å². The quantitative estimate of drug-likeness (QED) is 0.343. The largest absolute Gasteiger partial charge is 2.00 e. The molecule has 0 atom stereocenters. The number of hydrogen-bond acceptors (Lipinski definition) is 4. The minimum atomic E-state index is -1.84. The second-order valence-electron chi connectivity index (χ2n) is 4.16. The predicted molar refractivity (Wildman–Crippen MR) is 57.2 cm³/mol. The normalized spacial score (nSPS) is 11.0. The van der Waals surface area contributed by atoms with Crippen LogP contribution in [0.15, 0.2) is 0 Å². The molecule has 4 nitrogen and oxygen atoms in total. The van der Waals surface area contributed by atoms with E-state index in [4.69, 9.17) is 0 Å². The molecule has 16 heavy (non-hydrogen) atoms. The first-order valence-electron chi connectivity index (χ1n) is 5.32. The standard InChI is InChI=1S/C11H20O4.Ca/c1-4-5-6-7-11(8(2)3,9(12)13)10(14)15;/h8H,4-7H2,1-3H3,(H,12,13)(H,14,15);/q;+2/p-2. The predicted octanol–water partition coefficient (Wildman–Crippen LogP) is -0.672. The van der Waals surface area contributed by atoms with Crippen molar-refractivity contribution in [3.63, 3.8) is 0 Å². The summed E-state index contributed by atoms with van der Waals surface area (Å²) in [6.45, 7) is 5.10. The summed E-state index contributed by atoms with van der Waals surface area (Å²) in [5, 5.41) is 21.9. The van der Waals surface area contributed by atoms with Gasteiger partial charge in [-0.1, -0.05) is 40.0 Å². The summed E-state index contributed by atoms with van der Waals surface area (Å²) in [6, 6.07) is 0. The molecule has 0 radical (unpaired) electrons. The fourth-order valence-electron chi connectivity index (χ4n) is 1.70. The van der Waals surface area contributed by atoms with Crippen molar-refractivity contribution in [3.8, 4) is 0 Å². The number of carbonyl (C=O) groups excluding carboxylic acids is 2. The van der Waals surface area contributed by atoms with Crippen LogP contribution in [0.5, 0.6) is 0 Å². The zero-order chi connectivity index (χ0) is 12.1. The van der Waals surface area contributed by atoms with Crippen molar-refractivity contribution in [1.82, 2.24) is 0 Å². The van der Waals surface area contributed by atoms with E-state index in [0.717, 1.165) is 12.8 Å². The van der Waals surface area contributed by atoms with E-state index in [-0.39, 0.29) is 44.2 Å². The molecular formula is C11H18CaO4. The van der Waals surface area contributed by atoms with Crippen molar-refractivity contribution >= 4 is 49.7 Å². The monoisotopic (exact) mass is 254 g/mol. The molecule has 0 heterocycles. The molecule has 0 fully saturated rings. The molecule has 0 N–H and O–H groups in total. The van der Waals surface area contributed by atoms with Crippen molar-refractivity contribution in [1.29, 1.82) is 0 Å². The maximum Gasteiger partial charge on any atom is 2.00 e. The molecular weight excluding hydrogens is 236 g/mol. The number of carboxylic acids is 2. The Kier molecular flexibility index (Phi) is 9.65. The molecule has 0 aliphatic heterocycles. The molecule has 0 bridgehead atoms. The van der Waals surface area contributed by atoms with Crippen LogP contribution >= 0.6 is 0 Å². The minimum absolute atomic E-state index is 0. The van der Waals surface area contributed by atoms with Gasteiger partial charge in [0.05, 0.1) is 17.4 Å². The van der Waals surface area contributed by atoms with Crippen LogP contribution in [-0.2, 0) is 9.59 Å². The summed E-state index contributed by atoms with van der Waals surface area (Å²) >= 11 is 0. The topological polar surface area (TPSA) is 80.3 Å². The second kappa shape index (κ2) is 8.31. The summed E-state index contributed by atoms with van der Waals surface area (Å²) < 4.78 is 0. The van der Waals surface area contributed by atoms with Crippen molar-refractivity contribution in [2.45, 2.75) is 46.5 Å². The van der Waals surface area contributed by atoms with Gasteiger partial charge >= 0.3 is 37.7 Å². The smallest absolute Gasteiger partial charge is 0.549 e. The Morgan fingerprint density at radius 3 is 1.81 bits per heavy atom. The molecule has 0 aromatic carbocycles. The van der Waals surface area contributed by atoms with Crippen molar-refractivity contribution in [3.05, 3.63) is 0 Å². The second-order valence-corrected chi connectivity index (χ2v) is 4.16. The van der Waals surface area contributed by atoms with Gasteiger partial charge in [-0.05, 0) is 12.3 Å². The molecule has 0 saturated carbocycles. The van der Waals surface area contributed by atoms with Gasteiger partial charge < -0.3 is 19.8 Å². The average molecular weight is 254 g/mol. The number of rotatable bonds is 7. The third kappa shape index (κ3) is 4.22. The van der Waals surface area contributed by atoms with Crippen LogP contribution in [0.2, 0.25) is 0 Å². The SMILES string of the molecule is CCCCCC(C(=O)[O-])(C(=O)[O-])C(C)C.[Ca+2]. The van der Waals surface area contributed by atoms with Crippen LogP contribution in [0.1, 0.15) is 46.5 Å². The average Bonchev–Trinajstić information content (AvgIpc) is 2.10. The number of aliphatic carboxylic acids is 2. The molecule has 0 aromatic rings. The Labute approximate surface area is 126 Å². The maximum absolute atomic E-state index is 11.0. The van der Waals surface area contributed by atoms with Crippen molar-refractivity contribution in [2.75, 3.05) is 0 Å². The molecule has 0 saturated heterocycles. The van der Waals surface area contributed by atoms with Gasteiger partial charge in [0.2, 0.25) is 0 Å². The fraction of sp³-hybridized carbons (Fsp3) is 0.818. The first kappa shape index (κ1) is 18.6. The third-order valence-electron chi connectivity index (χ3n) is 2.89. The Balaban J connectivity index is 0. The zero-order valence-corrected chi connectivity index (χ0v) is 12.5. The number of carbonyl (C=O) groups is 2. The van der Waals surface area contributed by atoms with E-state index in [2.05, 4.69) is 0 Å². The Morgan fingerprint density at radius 1 is 1.12 bits per heavy atom. The van der Waals surface area contributed by atoms with Crippen LogP contribution in [0.25, 0.3) is 0 Å². The van der Waals surface area contributed by atoms with E-state index in [1.165, 1.54) is 0 Å². The van der Waals surface area contributed by atoms with E-state index in [9.17, 15) is 19.8 Å². The zero-order valence-electron chi connectivity index (χ0n) is 10.2. The van der Waals surface area contributed by atoms with Gasteiger partial charge in [0.15, 0.2) is 0 Å². The van der Waals surface area contributed by atoms with Gasteiger partial charge in [-0.2, -0.15) is 0 Å². The minimum Gasteiger partial charge on any atom is -0.549 e. The van der Waals surface area contributed by atoms with Gasteiger partial charge in [0.25, 0.3) is 0 Å². The molecule has 0 aliphatic carbocycles. The number of carboxylic acid groups (broad SMARTS) is 2. The van der Waals surface area contributed by atoms with E-state index >= 15 is 0 Å². The summed E-state index contributed by atoms with van der Waals surface area (Å²) in [4.78, 5) is 21.9. The Hall–Kier alpha value is 0.200. The van der Waals surface area contributed by atoms with E-state index < -0.39 is 23.3 Å². The summed E-state index contributed by atoms with van der Waals surface area (Å²) in [5.41, 5.74) is -1.84. The van der Waals surface area contributed by atoms with Crippen LogP contribution in [-0.4, -0.2) is 49.7 Å². The van der Waals surface area contributed by atoms with Gasteiger partial charge in [-0.3, -0.25) is 0 Å². The fourth-order valence-corrected chi connectivity index (χ4v) is 1.70. The van der Waals surface area contributed by atoms with Gasteiger partial charge in [-0.25, -0.2) is 0 Å². The van der Waals surface area contributed by atoms with Crippen molar-refractivity contribution < 1.29 is 19.8 Å². The first-order valence-corrected chi connectivity index (χ1v) is 5.32. The maximum atomic E-state index is 11.0. The number of hydrogen-bond donors (Lipinski definition) is 0. The van der Waals surface area contributed by atoms with Crippen LogP contribution in [0, 0.1) is 11.3 Å².